The van der Waals surface area contributed by atoms with Crippen molar-refractivity contribution in [1.82, 2.24) is 10.6 Å². The molecule has 0 fully saturated rings. The van der Waals surface area contributed by atoms with E-state index in [1.54, 1.807) is 6.92 Å². The topological polar surface area (TPSA) is 93.7 Å². The fourth-order valence-corrected chi connectivity index (χ4v) is 2.21. The number of nitrogens with one attached hydrogen (secondary N) is 2. The largest absolute Gasteiger partial charge is 0.466 e. The second-order valence-corrected chi connectivity index (χ2v) is 5.77. The van der Waals surface area contributed by atoms with Gasteiger partial charge in [-0.1, -0.05) is 50.1 Å². The second-order valence-electron chi connectivity index (χ2n) is 5.77. The molecule has 0 saturated heterocycles. The molecule has 0 aromatic heterocycles. The Hall–Kier alpha value is -2.57. The third-order valence-electron chi connectivity index (χ3n) is 3.58. The molecule has 0 aliphatic carbocycles. The van der Waals surface area contributed by atoms with E-state index in [9.17, 15) is 14.4 Å². The first-order valence-corrected chi connectivity index (χ1v) is 8.97. The van der Waals surface area contributed by atoms with Crippen LogP contribution in [0.4, 0.5) is 4.79 Å². The Labute approximate surface area is 154 Å². The number of hydrogen-bond acceptors (Lipinski definition) is 5. The summed E-state index contributed by atoms with van der Waals surface area (Å²) in [5.41, 5.74) is 0.827. The zero-order valence-corrected chi connectivity index (χ0v) is 15.5. The molecule has 0 spiro atoms. The van der Waals surface area contributed by atoms with Crippen molar-refractivity contribution in [2.75, 3.05) is 13.2 Å². The van der Waals surface area contributed by atoms with E-state index < -0.39 is 24.0 Å². The molecule has 1 unspecified atom stereocenters. The molecule has 0 aliphatic rings. The van der Waals surface area contributed by atoms with Gasteiger partial charge in [0.05, 0.1) is 13.0 Å². The third kappa shape index (κ3) is 9.05. The Morgan fingerprint density at radius 2 is 1.77 bits per heavy atom. The van der Waals surface area contributed by atoms with Crippen LogP contribution in [0, 0.1) is 0 Å². The lowest BCUT2D eigenvalue weighted by molar-refractivity contribution is -0.145. The average Bonchev–Trinajstić information content (AvgIpc) is 2.64. The summed E-state index contributed by atoms with van der Waals surface area (Å²) in [5, 5.41) is 5.17. The number of esters is 1. The van der Waals surface area contributed by atoms with Crippen molar-refractivity contribution in [3.05, 3.63) is 35.9 Å². The molecule has 1 atom stereocenters. The van der Waals surface area contributed by atoms with E-state index in [0.717, 1.165) is 24.8 Å². The van der Waals surface area contributed by atoms with Crippen LogP contribution in [-0.4, -0.2) is 37.2 Å². The van der Waals surface area contributed by atoms with Gasteiger partial charge in [-0.25, -0.2) is 4.79 Å². The Kier molecular flexibility index (Phi) is 10.5. The minimum Gasteiger partial charge on any atom is -0.466 e. The predicted octanol–water partition coefficient (Wildman–Crippen LogP) is 2.54. The van der Waals surface area contributed by atoms with Crippen molar-refractivity contribution in [2.45, 2.75) is 52.2 Å². The zero-order valence-electron chi connectivity index (χ0n) is 15.5. The van der Waals surface area contributed by atoms with Crippen molar-refractivity contribution >= 4 is 18.0 Å². The summed E-state index contributed by atoms with van der Waals surface area (Å²) >= 11 is 0. The number of alkyl carbamates (subject to hydrolysis) is 1. The number of unbranched alkanes of at least 4 members (excludes halogenated alkanes) is 2. The minimum atomic E-state index is -1.03. The fraction of sp³-hybridized carbons (Fsp3) is 0.526. The lowest BCUT2D eigenvalue weighted by Gasteiger charge is -2.17. The number of rotatable bonds is 11. The van der Waals surface area contributed by atoms with Crippen molar-refractivity contribution < 1.29 is 23.9 Å². The normalized spacial score (nSPS) is 11.3. The molecule has 1 rings (SSSR count). The highest BCUT2D eigenvalue weighted by molar-refractivity contribution is 5.89. The highest BCUT2D eigenvalue weighted by atomic mass is 16.5. The maximum absolute atomic E-state index is 12.3. The highest BCUT2D eigenvalue weighted by Gasteiger charge is 2.25. The maximum Gasteiger partial charge on any atom is 0.408 e. The van der Waals surface area contributed by atoms with Gasteiger partial charge >= 0.3 is 12.1 Å². The van der Waals surface area contributed by atoms with Crippen LogP contribution in [0.15, 0.2) is 30.3 Å². The van der Waals surface area contributed by atoms with Crippen molar-refractivity contribution in [2.24, 2.45) is 0 Å². The van der Waals surface area contributed by atoms with Crippen LogP contribution in [-0.2, 0) is 25.7 Å². The summed E-state index contributed by atoms with van der Waals surface area (Å²) in [6, 6.07) is 8.16. The second kappa shape index (κ2) is 12.7. The average molecular weight is 364 g/mol. The third-order valence-corrected chi connectivity index (χ3v) is 3.58. The van der Waals surface area contributed by atoms with Gasteiger partial charge in [-0.15, -0.1) is 0 Å². The predicted molar refractivity (Wildman–Crippen MR) is 97.3 cm³/mol. The molecule has 1 aromatic carbocycles. The fourth-order valence-electron chi connectivity index (χ4n) is 2.21. The minimum absolute atomic E-state index is 0.0803. The van der Waals surface area contributed by atoms with Gasteiger partial charge in [-0.2, -0.15) is 0 Å². The SMILES string of the molecule is CCCCCNC(=O)C(CC(=O)OCC)NC(=O)OCc1ccccc1. The molecule has 26 heavy (non-hydrogen) atoms. The Morgan fingerprint density at radius 3 is 2.42 bits per heavy atom. The van der Waals surface area contributed by atoms with Gasteiger partial charge in [-0.3, -0.25) is 9.59 Å². The lowest BCUT2D eigenvalue weighted by atomic mass is 10.2. The van der Waals surface area contributed by atoms with E-state index in [4.69, 9.17) is 9.47 Å². The van der Waals surface area contributed by atoms with Crippen LogP contribution in [0.5, 0.6) is 0 Å². The molecule has 0 bridgehead atoms. The molecular weight excluding hydrogens is 336 g/mol. The van der Waals surface area contributed by atoms with Crippen LogP contribution in [0.25, 0.3) is 0 Å². The molecule has 0 aliphatic heterocycles. The van der Waals surface area contributed by atoms with E-state index >= 15 is 0 Å². The first-order valence-electron chi connectivity index (χ1n) is 8.97. The molecule has 0 radical (unpaired) electrons. The van der Waals surface area contributed by atoms with Crippen LogP contribution in [0.2, 0.25) is 0 Å². The molecule has 2 amide bonds. The summed E-state index contributed by atoms with van der Waals surface area (Å²) in [4.78, 5) is 35.9. The summed E-state index contributed by atoms with van der Waals surface area (Å²) < 4.78 is 9.98. The molecule has 7 heteroatoms. The standard InChI is InChI=1S/C19H28N2O5/c1-3-5-9-12-20-18(23)16(13-17(22)25-4-2)21-19(24)26-14-15-10-7-6-8-11-15/h6-8,10-11,16H,3-5,9,12-14H2,1-2H3,(H,20,23)(H,21,24). The van der Waals surface area contributed by atoms with E-state index in [-0.39, 0.29) is 19.6 Å². The Morgan fingerprint density at radius 1 is 1.04 bits per heavy atom. The van der Waals surface area contributed by atoms with Gasteiger partial charge in [0.15, 0.2) is 0 Å². The molecule has 0 saturated carbocycles. The van der Waals surface area contributed by atoms with Gasteiger partial charge in [0.2, 0.25) is 5.91 Å². The summed E-state index contributed by atoms with van der Waals surface area (Å²) in [6.45, 7) is 4.53. The van der Waals surface area contributed by atoms with Gasteiger partial charge in [0.25, 0.3) is 0 Å². The Bertz CT molecular complexity index is 562. The monoisotopic (exact) mass is 364 g/mol. The van der Waals surface area contributed by atoms with Crippen molar-refractivity contribution in [1.29, 1.82) is 0 Å². The quantitative estimate of drug-likeness (QED) is 0.465. The smallest absolute Gasteiger partial charge is 0.408 e. The van der Waals surface area contributed by atoms with Gasteiger partial charge in [0.1, 0.15) is 12.6 Å². The first-order chi connectivity index (χ1) is 12.6. The molecule has 2 N–H and O–H groups in total. The number of amides is 2. The molecular formula is C19H28N2O5. The molecule has 0 heterocycles. The molecule has 7 nitrogen and oxygen atoms in total. The van der Waals surface area contributed by atoms with E-state index in [1.807, 2.05) is 30.3 Å². The number of carbonyl (C=O) groups is 3. The summed E-state index contributed by atoms with van der Waals surface area (Å²) in [6.07, 6.45) is 1.87. The lowest BCUT2D eigenvalue weighted by Crippen LogP contribution is -2.48. The zero-order chi connectivity index (χ0) is 19.2. The number of benzene rings is 1. The number of hydrogen-bond donors (Lipinski definition) is 2. The molecule has 144 valence electrons. The number of ether oxygens (including phenoxy) is 2. The summed E-state index contributed by atoms with van der Waals surface area (Å²) in [5.74, 6) is -0.976. The van der Waals surface area contributed by atoms with Crippen LogP contribution < -0.4 is 10.6 Å². The Balaban J connectivity index is 2.54. The van der Waals surface area contributed by atoms with E-state index in [2.05, 4.69) is 17.6 Å². The van der Waals surface area contributed by atoms with Gasteiger partial charge in [-0.05, 0) is 18.9 Å². The van der Waals surface area contributed by atoms with Crippen molar-refractivity contribution in [3.63, 3.8) is 0 Å². The van der Waals surface area contributed by atoms with Crippen LogP contribution in [0.1, 0.15) is 45.1 Å². The van der Waals surface area contributed by atoms with Crippen molar-refractivity contribution in [3.8, 4) is 0 Å². The van der Waals surface area contributed by atoms with Crippen LogP contribution in [0.3, 0.4) is 0 Å². The van der Waals surface area contributed by atoms with Crippen LogP contribution >= 0.6 is 0 Å². The van der Waals surface area contributed by atoms with Gasteiger partial charge < -0.3 is 20.1 Å². The first kappa shape index (κ1) is 21.5. The van der Waals surface area contributed by atoms with E-state index in [1.165, 1.54) is 0 Å². The maximum atomic E-state index is 12.3. The van der Waals surface area contributed by atoms with Gasteiger partial charge in [0, 0.05) is 6.54 Å². The van der Waals surface area contributed by atoms with E-state index in [0.29, 0.717) is 6.54 Å². The highest BCUT2D eigenvalue weighted by Crippen LogP contribution is 2.02. The number of carbonyl (C=O) groups excluding carboxylic acids is 3. The molecule has 1 aromatic rings. The summed E-state index contributed by atoms with van der Waals surface area (Å²) in [7, 11) is 0.